The van der Waals surface area contributed by atoms with Gasteiger partial charge in [0.1, 0.15) is 5.82 Å². The van der Waals surface area contributed by atoms with Crippen LogP contribution in [-0.2, 0) is 10.0 Å². The molecule has 0 unspecified atom stereocenters. The third kappa shape index (κ3) is 3.51. The number of sulfonamides is 1. The number of hydrogen-bond acceptors (Lipinski definition) is 5. The highest BCUT2D eigenvalue weighted by Gasteiger charge is 2.26. The van der Waals surface area contributed by atoms with Crippen LogP contribution in [0, 0.1) is 6.92 Å². The standard InChI is InChI=1S/C10H17N5O3S/c1-7-11-9(14-13-7)10(16)12-8-3-5-15(6-4-8)19(2,17)18/h8H,3-6H2,1-2H3,(H,12,16)(H,11,13,14). The topological polar surface area (TPSA) is 108 Å². The van der Waals surface area contributed by atoms with Crippen molar-refractivity contribution in [2.75, 3.05) is 19.3 Å². The molecule has 2 rings (SSSR count). The van der Waals surface area contributed by atoms with Gasteiger partial charge < -0.3 is 5.32 Å². The predicted molar refractivity (Wildman–Crippen MR) is 68.0 cm³/mol. The summed E-state index contributed by atoms with van der Waals surface area (Å²) in [6.45, 7) is 2.57. The lowest BCUT2D eigenvalue weighted by molar-refractivity contribution is 0.0913. The minimum atomic E-state index is -3.14. The molecule has 19 heavy (non-hydrogen) atoms. The van der Waals surface area contributed by atoms with Gasteiger partial charge in [0.25, 0.3) is 5.91 Å². The number of nitrogens with zero attached hydrogens (tertiary/aromatic N) is 3. The Bertz CT molecular complexity index is 559. The summed E-state index contributed by atoms with van der Waals surface area (Å²) in [6.07, 6.45) is 2.40. The zero-order valence-electron chi connectivity index (χ0n) is 10.9. The average Bonchev–Trinajstić information content (AvgIpc) is 2.75. The molecule has 0 radical (unpaired) electrons. The molecule has 0 aliphatic carbocycles. The molecule has 9 heteroatoms. The van der Waals surface area contributed by atoms with Gasteiger partial charge in [-0.25, -0.2) is 17.7 Å². The van der Waals surface area contributed by atoms with Crippen LogP contribution in [0.3, 0.4) is 0 Å². The quantitative estimate of drug-likeness (QED) is 0.761. The summed E-state index contributed by atoms with van der Waals surface area (Å²) >= 11 is 0. The van der Waals surface area contributed by atoms with Crippen molar-refractivity contribution in [3.8, 4) is 0 Å². The van der Waals surface area contributed by atoms with Gasteiger partial charge in [0.15, 0.2) is 0 Å². The third-order valence-corrected chi connectivity index (χ3v) is 4.36. The van der Waals surface area contributed by atoms with E-state index in [1.54, 1.807) is 6.92 Å². The van der Waals surface area contributed by atoms with Crippen LogP contribution in [0.4, 0.5) is 0 Å². The smallest absolute Gasteiger partial charge is 0.291 e. The maximum atomic E-state index is 11.8. The maximum Gasteiger partial charge on any atom is 0.291 e. The van der Waals surface area contributed by atoms with Gasteiger partial charge in [-0.3, -0.25) is 9.89 Å². The van der Waals surface area contributed by atoms with E-state index in [1.807, 2.05) is 0 Å². The van der Waals surface area contributed by atoms with Crippen molar-refractivity contribution in [1.29, 1.82) is 0 Å². The number of H-pyrrole nitrogens is 1. The fraction of sp³-hybridized carbons (Fsp3) is 0.700. The minimum Gasteiger partial charge on any atom is -0.346 e. The Morgan fingerprint density at radius 1 is 1.42 bits per heavy atom. The molecule has 0 spiro atoms. The molecule has 1 aliphatic heterocycles. The number of amides is 1. The van der Waals surface area contributed by atoms with E-state index in [0.717, 1.165) is 0 Å². The first kappa shape index (κ1) is 13.9. The number of rotatable bonds is 3. The molecule has 0 atom stereocenters. The van der Waals surface area contributed by atoms with Gasteiger partial charge >= 0.3 is 0 Å². The molecule has 0 saturated carbocycles. The van der Waals surface area contributed by atoms with Crippen molar-refractivity contribution in [2.24, 2.45) is 0 Å². The predicted octanol–water partition coefficient (Wildman–Crippen LogP) is -0.733. The largest absolute Gasteiger partial charge is 0.346 e. The van der Waals surface area contributed by atoms with Gasteiger partial charge in [-0.1, -0.05) is 0 Å². The van der Waals surface area contributed by atoms with E-state index < -0.39 is 10.0 Å². The van der Waals surface area contributed by atoms with Crippen molar-refractivity contribution in [3.63, 3.8) is 0 Å². The molecule has 2 heterocycles. The second-order valence-electron chi connectivity index (χ2n) is 4.65. The molecule has 1 aromatic heterocycles. The number of nitrogens with one attached hydrogen (secondary N) is 2. The maximum absolute atomic E-state index is 11.8. The molecule has 2 N–H and O–H groups in total. The third-order valence-electron chi connectivity index (χ3n) is 3.06. The summed E-state index contributed by atoms with van der Waals surface area (Å²) in [5.74, 6) is 0.363. The molecule has 106 valence electrons. The summed E-state index contributed by atoms with van der Waals surface area (Å²) < 4.78 is 24.1. The van der Waals surface area contributed by atoms with Gasteiger partial charge in [0.2, 0.25) is 15.8 Å². The van der Waals surface area contributed by atoms with Crippen LogP contribution in [-0.4, -0.2) is 59.2 Å². The van der Waals surface area contributed by atoms with Crippen LogP contribution >= 0.6 is 0 Å². The molecule has 1 saturated heterocycles. The molecular weight excluding hydrogens is 270 g/mol. The Hall–Kier alpha value is -1.48. The fourth-order valence-electron chi connectivity index (χ4n) is 2.03. The second-order valence-corrected chi connectivity index (χ2v) is 6.64. The van der Waals surface area contributed by atoms with Gasteiger partial charge in [0.05, 0.1) is 6.26 Å². The van der Waals surface area contributed by atoms with Crippen molar-refractivity contribution in [2.45, 2.75) is 25.8 Å². The van der Waals surface area contributed by atoms with E-state index >= 15 is 0 Å². The zero-order valence-corrected chi connectivity index (χ0v) is 11.7. The summed E-state index contributed by atoms with van der Waals surface area (Å²) in [7, 11) is -3.14. The van der Waals surface area contributed by atoms with Crippen LogP contribution in [0.5, 0.6) is 0 Å². The number of carbonyl (C=O) groups is 1. The molecule has 1 aromatic rings. The van der Waals surface area contributed by atoms with Crippen molar-refractivity contribution in [1.82, 2.24) is 24.8 Å². The zero-order chi connectivity index (χ0) is 14.0. The van der Waals surface area contributed by atoms with Crippen molar-refractivity contribution in [3.05, 3.63) is 11.6 Å². The Balaban J connectivity index is 1.88. The summed E-state index contributed by atoms with van der Waals surface area (Å²) in [5.41, 5.74) is 0. The lowest BCUT2D eigenvalue weighted by Crippen LogP contribution is -2.46. The van der Waals surface area contributed by atoms with Gasteiger partial charge in [-0.05, 0) is 19.8 Å². The first-order chi connectivity index (χ1) is 8.86. The molecular formula is C10H17N5O3S. The molecule has 0 bridgehead atoms. The monoisotopic (exact) mass is 287 g/mol. The van der Waals surface area contributed by atoms with E-state index in [9.17, 15) is 13.2 Å². The summed E-state index contributed by atoms with van der Waals surface area (Å²) in [6, 6.07) is -0.0377. The van der Waals surface area contributed by atoms with Gasteiger partial charge in [-0.15, -0.1) is 5.10 Å². The van der Waals surface area contributed by atoms with Crippen LogP contribution in [0.1, 0.15) is 29.3 Å². The Labute approximate surface area is 111 Å². The highest BCUT2D eigenvalue weighted by atomic mass is 32.2. The van der Waals surface area contributed by atoms with E-state index in [0.29, 0.717) is 31.8 Å². The first-order valence-electron chi connectivity index (χ1n) is 6.01. The normalized spacial score (nSPS) is 18.4. The molecule has 0 aromatic carbocycles. The van der Waals surface area contributed by atoms with Crippen LogP contribution in [0.25, 0.3) is 0 Å². The van der Waals surface area contributed by atoms with Gasteiger partial charge in [0, 0.05) is 19.1 Å². The van der Waals surface area contributed by atoms with Crippen LogP contribution in [0.2, 0.25) is 0 Å². The van der Waals surface area contributed by atoms with Crippen molar-refractivity contribution < 1.29 is 13.2 Å². The summed E-state index contributed by atoms with van der Waals surface area (Å²) in [4.78, 5) is 15.8. The minimum absolute atomic E-state index is 0.0377. The fourth-order valence-corrected chi connectivity index (χ4v) is 2.90. The Kier molecular flexibility index (Phi) is 3.85. The highest BCUT2D eigenvalue weighted by Crippen LogP contribution is 2.13. The van der Waals surface area contributed by atoms with E-state index in [2.05, 4.69) is 20.5 Å². The molecule has 1 fully saturated rings. The van der Waals surface area contributed by atoms with Gasteiger partial charge in [-0.2, -0.15) is 0 Å². The number of aromatic nitrogens is 3. The number of aryl methyl sites for hydroxylation is 1. The lowest BCUT2D eigenvalue weighted by Gasteiger charge is -2.30. The lowest BCUT2D eigenvalue weighted by atomic mass is 10.1. The van der Waals surface area contributed by atoms with E-state index in [1.165, 1.54) is 10.6 Å². The highest BCUT2D eigenvalue weighted by molar-refractivity contribution is 7.88. The van der Waals surface area contributed by atoms with Crippen molar-refractivity contribution >= 4 is 15.9 Å². The Morgan fingerprint density at radius 3 is 2.53 bits per heavy atom. The second kappa shape index (κ2) is 5.25. The number of aromatic amines is 1. The average molecular weight is 287 g/mol. The Morgan fingerprint density at radius 2 is 2.05 bits per heavy atom. The molecule has 1 amide bonds. The SMILES string of the molecule is Cc1nc(C(=O)NC2CCN(S(C)(=O)=O)CC2)n[nH]1. The van der Waals surface area contributed by atoms with E-state index in [4.69, 9.17) is 0 Å². The number of carbonyl (C=O) groups excluding carboxylic acids is 1. The van der Waals surface area contributed by atoms with E-state index in [-0.39, 0.29) is 17.8 Å². The van der Waals surface area contributed by atoms with Crippen LogP contribution < -0.4 is 5.32 Å². The number of piperidine rings is 1. The molecule has 8 nitrogen and oxygen atoms in total. The number of hydrogen-bond donors (Lipinski definition) is 2. The first-order valence-corrected chi connectivity index (χ1v) is 7.86. The van der Waals surface area contributed by atoms with Crippen LogP contribution in [0.15, 0.2) is 0 Å². The molecule has 1 aliphatic rings. The summed E-state index contributed by atoms with van der Waals surface area (Å²) in [5, 5.41) is 9.20.